The molecule has 5 nitrogen and oxygen atoms in total. The Morgan fingerprint density at radius 2 is 2.11 bits per heavy atom. The lowest BCUT2D eigenvalue weighted by Gasteiger charge is -2.18. The number of nitrogens with zero attached hydrogens (tertiary/aromatic N) is 1. The quantitative estimate of drug-likeness (QED) is 0.862. The van der Waals surface area contributed by atoms with Gasteiger partial charge in [0.2, 0.25) is 5.91 Å². The Morgan fingerprint density at radius 1 is 1.42 bits per heavy atom. The van der Waals surface area contributed by atoms with Crippen molar-refractivity contribution < 1.29 is 23.8 Å². The molecule has 7 heteroatoms. The second-order valence-electron chi connectivity index (χ2n) is 3.84. The number of aliphatic carboxylic acids is 1. The van der Waals surface area contributed by atoms with E-state index >= 15 is 0 Å². The largest absolute Gasteiger partial charge is 0.480 e. The molecule has 1 aromatic carbocycles. The van der Waals surface area contributed by atoms with Gasteiger partial charge >= 0.3 is 5.97 Å². The van der Waals surface area contributed by atoms with E-state index < -0.39 is 24.3 Å². The van der Waals surface area contributed by atoms with Gasteiger partial charge in [0, 0.05) is 24.2 Å². The number of ether oxygens (including phenoxy) is 1. The molecule has 0 radical (unpaired) electrons. The molecule has 0 bridgehead atoms. The van der Waals surface area contributed by atoms with E-state index in [4.69, 9.17) is 16.7 Å². The lowest BCUT2D eigenvalue weighted by molar-refractivity contribution is -0.145. The first-order chi connectivity index (χ1) is 8.91. The molecule has 1 amide bonds. The Bertz CT molecular complexity index is 461. The smallest absolute Gasteiger partial charge is 0.329 e. The topological polar surface area (TPSA) is 66.8 Å². The van der Waals surface area contributed by atoms with Crippen LogP contribution in [0.15, 0.2) is 18.2 Å². The Labute approximate surface area is 114 Å². The summed E-state index contributed by atoms with van der Waals surface area (Å²) in [5.41, 5.74) is 0.207. The third kappa shape index (κ3) is 4.84. The van der Waals surface area contributed by atoms with E-state index in [1.807, 2.05) is 0 Å². The van der Waals surface area contributed by atoms with Gasteiger partial charge in [-0.2, -0.15) is 0 Å². The number of likely N-dealkylation sites (N-methyl/N-ethyl adjacent to an activating group) is 1. The van der Waals surface area contributed by atoms with Gasteiger partial charge in [-0.1, -0.05) is 17.7 Å². The van der Waals surface area contributed by atoms with Crippen molar-refractivity contribution in [3.05, 3.63) is 34.6 Å². The number of carbonyl (C=O) groups is 2. The highest BCUT2D eigenvalue weighted by molar-refractivity contribution is 6.31. The van der Waals surface area contributed by atoms with Gasteiger partial charge < -0.3 is 14.7 Å². The number of amides is 1. The molecule has 19 heavy (non-hydrogen) atoms. The van der Waals surface area contributed by atoms with Crippen LogP contribution in [0.2, 0.25) is 5.02 Å². The minimum absolute atomic E-state index is 0.0131. The van der Waals surface area contributed by atoms with Crippen molar-refractivity contribution >= 4 is 23.5 Å². The molecule has 0 spiro atoms. The van der Waals surface area contributed by atoms with E-state index in [2.05, 4.69) is 4.74 Å². The summed E-state index contributed by atoms with van der Waals surface area (Å²) in [5.74, 6) is -2.12. The fourth-order valence-electron chi connectivity index (χ4n) is 1.34. The molecule has 0 heterocycles. The van der Waals surface area contributed by atoms with Crippen molar-refractivity contribution in [1.82, 2.24) is 4.90 Å². The summed E-state index contributed by atoms with van der Waals surface area (Å²) in [6.07, 6.45) is 0. The standard InChI is InChI=1S/C12H13ClFNO4/c1-15(11(16)6-19-7-12(17)18)5-8-9(13)3-2-4-10(8)14/h2-4H,5-7H2,1H3,(H,17,18). The lowest BCUT2D eigenvalue weighted by Crippen LogP contribution is -2.31. The monoisotopic (exact) mass is 289 g/mol. The normalized spacial score (nSPS) is 10.3. The Balaban J connectivity index is 2.56. The van der Waals surface area contributed by atoms with Gasteiger partial charge in [-0.3, -0.25) is 4.79 Å². The molecule has 0 saturated carbocycles. The number of carboxylic acids is 1. The first-order valence-electron chi connectivity index (χ1n) is 5.38. The van der Waals surface area contributed by atoms with E-state index in [0.717, 1.165) is 0 Å². The summed E-state index contributed by atoms with van der Waals surface area (Å²) in [5, 5.41) is 8.58. The number of carboxylic acid groups (broad SMARTS) is 1. The fraction of sp³-hybridized carbons (Fsp3) is 0.333. The number of hydrogen-bond donors (Lipinski definition) is 1. The second kappa shape index (κ2) is 7.06. The Hall–Kier alpha value is -1.66. The maximum Gasteiger partial charge on any atom is 0.329 e. The highest BCUT2D eigenvalue weighted by Crippen LogP contribution is 2.20. The van der Waals surface area contributed by atoms with Crippen LogP contribution in [-0.2, 0) is 20.9 Å². The van der Waals surface area contributed by atoms with E-state index in [9.17, 15) is 14.0 Å². The minimum atomic E-state index is -1.16. The van der Waals surface area contributed by atoms with Crippen molar-refractivity contribution in [2.45, 2.75) is 6.54 Å². The summed E-state index contributed by atoms with van der Waals surface area (Å²) in [7, 11) is 1.45. The predicted octanol–water partition coefficient (Wildman–Crippen LogP) is 1.54. The van der Waals surface area contributed by atoms with E-state index in [-0.39, 0.29) is 23.7 Å². The molecule has 0 aliphatic rings. The number of rotatable bonds is 6. The zero-order valence-corrected chi connectivity index (χ0v) is 11.0. The van der Waals surface area contributed by atoms with Crippen molar-refractivity contribution in [2.75, 3.05) is 20.3 Å². The summed E-state index contributed by atoms with van der Waals surface area (Å²) < 4.78 is 18.2. The molecule has 0 aromatic heterocycles. The Kier molecular flexibility index (Phi) is 5.72. The van der Waals surface area contributed by atoms with Crippen molar-refractivity contribution in [3.63, 3.8) is 0 Å². The van der Waals surface area contributed by atoms with Crippen molar-refractivity contribution in [3.8, 4) is 0 Å². The minimum Gasteiger partial charge on any atom is -0.480 e. The van der Waals surface area contributed by atoms with E-state index in [1.165, 1.54) is 30.1 Å². The zero-order valence-electron chi connectivity index (χ0n) is 10.2. The summed E-state index contributed by atoms with van der Waals surface area (Å²) in [6, 6.07) is 4.25. The van der Waals surface area contributed by atoms with Gasteiger partial charge in [0.15, 0.2) is 0 Å². The second-order valence-corrected chi connectivity index (χ2v) is 4.24. The highest BCUT2D eigenvalue weighted by Gasteiger charge is 2.14. The molecular weight excluding hydrogens is 277 g/mol. The van der Waals surface area contributed by atoms with Crippen LogP contribution in [0.3, 0.4) is 0 Å². The molecular formula is C12H13ClFNO4. The van der Waals surface area contributed by atoms with Crippen LogP contribution in [-0.4, -0.2) is 42.1 Å². The molecule has 104 valence electrons. The predicted molar refractivity (Wildman–Crippen MR) is 66.3 cm³/mol. The zero-order chi connectivity index (χ0) is 14.4. The van der Waals surface area contributed by atoms with Crippen molar-refractivity contribution in [2.24, 2.45) is 0 Å². The first kappa shape index (κ1) is 15.4. The molecule has 0 fully saturated rings. The third-order valence-electron chi connectivity index (χ3n) is 2.33. The van der Waals surface area contributed by atoms with Crippen LogP contribution in [0.4, 0.5) is 4.39 Å². The van der Waals surface area contributed by atoms with Crippen LogP contribution in [0, 0.1) is 5.82 Å². The molecule has 0 unspecified atom stereocenters. The maximum atomic E-state index is 13.5. The summed E-state index contributed by atoms with van der Waals surface area (Å²) in [6.45, 7) is -0.949. The number of benzene rings is 1. The van der Waals surface area contributed by atoms with E-state index in [0.29, 0.717) is 0 Å². The molecule has 1 aromatic rings. The van der Waals surface area contributed by atoms with Gasteiger partial charge in [0.05, 0.1) is 0 Å². The van der Waals surface area contributed by atoms with Gasteiger partial charge in [-0.25, -0.2) is 9.18 Å². The van der Waals surface area contributed by atoms with Crippen LogP contribution in [0.5, 0.6) is 0 Å². The van der Waals surface area contributed by atoms with Gasteiger partial charge in [0.1, 0.15) is 19.0 Å². The summed E-state index contributed by atoms with van der Waals surface area (Å²) in [4.78, 5) is 23.0. The molecule has 1 rings (SSSR count). The SMILES string of the molecule is CN(Cc1c(F)cccc1Cl)C(=O)COCC(=O)O. The molecule has 0 atom stereocenters. The molecule has 0 aliphatic heterocycles. The average molecular weight is 290 g/mol. The van der Waals surface area contributed by atoms with Gasteiger partial charge in [-0.05, 0) is 12.1 Å². The van der Waals surface area contributed by atoms with Crippen LogP contribution < -0.4 is 0 Å². The molecule has 1 N–H and O–H groups in total. The number of carbonyl (C=O) groups excluding carboxylic acids is 1. The summed E-state index contributed by atoms with van der Waals surface area (Å²) >= 11 is 5.84. The van der Waals surface area contributed by atoms with E-state index in [1.54, 1.807) is 0 Å². The van der Waals surface area contributed by atoms with Gasteiger partial charge in [-0.15, -0.1) is 0 Å². The average Bonchev–Trinajstić information content (AvgIpc) is 2.33. The van der Waals surface area contributed by atoms with Crippen LogP contribution >= 0.6 is 11.6 Å². The maximum absolute atomic E-state index is 13.5. The third-order valence-corrected chi connectivity index (χ3v) is 2.69. The van der Waals surface area contributed by atoms with Crippen LogP contribution in [0.25, 0.3) is 0 Å². The number of hydrogen-bond acceptors (Lipinski definition) is 3. The Morgan fingerprint density at radius 3 is 2.68 bits per heavy atom. The fourth-order valence-corrected chi connectivity index (χ4v) is 1.57. The highest BCUT2D eigenvalue weighted by atomic mass is 35.5. The van der Waals surface area contributed by atoms with Crippen molar-refractivity contribution in [1.29, 1.82) is 0 Å². The van der Waals surface area contributed by atoms with Gasteiger partial charge in [0.25, 0.3) is 0 Å². The molecule has 0 aliphatic carbocycles. The number of halogens is 2. The molecule has 0 saturated heterocycles. The van der Waals surface area contributed by atoms with Crippen LogP contribution in [0.1, 0.15) is 5.56 Å². The lowest BCUT2D eigenvalue weighted by atomic mass is 10.2. The first-order valence-corrected chi connectivity index (χ1v) is 5.76.